The van der Waals surface area contributed by atoms with Crippen molar-refractivity contribution in [2.45, 2.75) is 19.5 Å². The van der Waals surface area contributed by atoms with Crippen LogP contribution in [-0.2, 0) is 11.3 Å². The minimum absolute atomic E-state index is 0.104. The second-order valence-corrected chi connectivity index (χ2v) is 5.87. The third kappa shape index (κ3) is 4.68. The van der Waals surface area contributed by atoms with Gasteiger partial charge in [-0.2, -0.15) is 4.98 Å². The predicted molar refractivity (Wildman–Crippen MR) is 96.1 cm³/mol. The lowest BCUT2D eigenvalue weighted by Crippen LogP contribution is -2.31. The third-order valence-electron chi connectivity index (χ3n) is 3.81. The highest BCUT2D eigenvalue weighted by atomic mass is 19.1. The molecule has 1 aromatic heterocycles. The van der Waals surface area contributed by atoms with Gasteiger partial charge in [-0.3, -0.25) is 4.79 Å². The summed E-state index contributed by atoms with van der Waals surface area (Å²) in [4.78, 5) is 16.2. The number of nitrogens with two attached hydrogens (primary N) is 1. The van der Waals surface area contributed by atoms with Crippen molar-refractivity contribution >= 4 is 5.91 Å². The van der Waals surface area contributed by atoms with E-state index in [1.165, 1.54) is 6.07 Å². The number of nitrogens with one attached hydrogen (secondary N) is 1. The van der Waals surface area contributed by atoms with Gasteiger partial charge < -0.3 is 20.3 Å². The van der Waals surface area contributed by atoms with Crippen LogP contribution in [0.25, 0.3) is 11.4 Å². The Morgan fingerprint density at radius 3 is 2.78 bits per heavy atom. The lowest BCUT2D eigenvalue weighted by molar-refractivity contribution is -0.123. The molecule has 2 aromatic carbocycles. The van der Waals surface area contributed by atoms with Crippen LogP contribution in [0.15, 0.2) is 53.1 Å². The molecule has 0 radical (unpaired) electrons. The molecule has 27 heavy (non-hydrogen) atoms. The van der Waals surface area contributed by atoms with E-state index in [1.54, 1.807) is 31.2 Å². The van der Waals surface area contributed by atoms with Crippen LogP contribution in [0.3, 0.4) is 0 Å². The van der Waals surface area contributed by atoms with Crippen LogP contribution in [0, 0.1) is 5.82 Å². The molecule has 0 aliphatic heterocycles. The second-order valence-electron chi connectivity index (χ2n) is 5.87. The first-order valence-corrected chi connectivity index (χ1v) is 8.36. The summed E-state index contributed by atoms with van der Waals surface area (Å²) in [5.41, 5.74) is 6.36. The number of hydrogen-bond acceptors (Lipinski definition) is 6. The van der Waals surface area contributed by atoms with Crippen LogP contribution in [0.4, 0.5) is 4.39 Å². The number of carbonyl (C=O) groups is 1. The molecule has 1 atom stereocenters. The summed E-state index contributed by atoms with van der Waals surface area (Å²) in [5, 5.41) is 6.48. The van der Waals surface area contributed by atoms with Crippen molar-refractivity contribution in [2.75, 3.05) is 6.61 Å². The zero-order valence-corrected chi connectivity index (χ0v) is 14.7. The first kappa shape index (κ1) is 18.5. The maximum Gasteiger partial charge on any atom is 0.258 e. The molecular formula is C19H19FN4O3. The van der Waals surface area contributed by atoms with Gasteiger partial charge in [0, 0.05) is 6.54 Å². The van der Waals surface area contributed by atoms with Crippen molar-refractivity contribution in [3.05, 3.63) is 65.8 Å². The van der Waals surface area contributed by atoms with Gasteiger partial charge in [0.25, 0.3) is 5.91 Å². The van der Waals surface area contributed by atoms with E-state index in [-0.39, 0.29) is 36.3 Å². The van der Waals surface area contributed by atoms with E-state index >= 15 is 0 Å². The standard InChI is InChI=1S/C19H19FN4O3/c1-12(22-17(25)11-26-14-5-3-2-4-6-14)19-23-18(24-27-19)15-8-7-13(10-21)9-16(15)20/h2-9,12H,10-11,21H2,1H3,(H,22,25). The number of hydrogen-bond donors (Lipinski definition) is 2. The van der Waals surface area contributed by atoms with Gasteiger partial charge in [-0.1, -0.05) is 29.4 Å². The number of halogens is 1. The molecule has 0 aliphatic carbocycles. The maximum atomic E-state index is 14.1. The zero-order chi connectivity index (χ0) is 19.2. The van der Waals surface area contributed by atoms with Gasteiger partial charge in [0.2, 0.25) is 11.7 Å². The van der Waals surface area contributed by atoms with E-state index < -0.39 is 11.9 Å². The molecule has 0 saturated heterocycles. The smallest absolute Gasteiger partial charge is 0.258 e. The number of carbonyl (C=O) groups excluding carboxylic acids is 1. The van der Waals surface area contributed by atoms with Crippen LogP contribution in [0.5, 0.6) is 5.75 Å². The summed E-state index contributed by atoms with van der Waals surface area (Å²) in [7, 11) is 0. The van der Waals surface area contributed by atoms with Crippen molar-refractivity contribution in [3.63, 3.8) is 0 Å². The second kappa shape index (κ2) is 8.41. The fraction of sp³-hybridized carbons (Fsp3) is 0.211. The SMILES string of the molecule is CC(NC(=O)COc1ccccc1)c1nc(-c2ccc(CN)cc2F)no1. The number of amides is 1. The molecule has 7 nitrogen and oxygen atoms in total. The van der Waals surface area contributed by atoms with Crippen LogP contribution in [-0.4, -0.2) is 22.7 Å². The molecule has 3 rings (SSSR count). The van der Waals surface area contributed by atoms with Crippen LogP contribution in [0.1, 0.15) is 24.4 Å². The van der Waals surface area contributed by atoms with E-state index in [2.05, 4.69) is 15.5 Å². The molecule has 3 aromatic rings. The molecule has 0 aliphatic rings. The van der Waals surface area contributed by atoms with Gasteiger partial charge in [-0.05, 0) is 36.8 Å². The average molecular weight is 370 g/mol. The minimum Gasteiger partial charge on any atom is -0.484 e. The van der Waals surface area contributed by atoms with E-state index in [4.69, 9.17) is 15.0 Å². The van der Waals surface area contributed by atoms with E-state index in [1.807, 2.05) is 18.2 Å². The Hall–Kier alpha value is -3.26. The van der Waals surface area contributed by atoms with Gasteiger partial charge in [0.05, 0.1) is 5.56 Å². The quantitative estimate of drug-likeness (QED) is 0.663. The summed E-state index contributed by atoms with van der Waals surface area (Å²) in [6.45, 7) is 1.78. The largest absolute Gasteiger partial charge is 0.484 e. The van der Waals surface area contributed by atoms with Gasteiger partial charge >= 0.3 is 0 Å². The lowest BCUT2D eigenvalue weighted by Gasteiger charge is -2.10. The summed E-state index contributed by atoms with van der Waals surface area (Å²) in [5.74, 6) is 0.0349. The van der Waals surface area contributed by atoms with Gasteiger partial charge in [-0.15, -0.1) is 0 Å². The molecule has 8 heteroatoms. The van der Waals surface area contributed by atoms with Crippen molar-refractivity contribution in [3.8, 4) is 17.1 Å². The summed E-state index contributed by atoms with van der Waals surface area (Å²) in [6, 6.07) is 13.0. The Labute approximate surface area is 155 Å². The molecule has 0 fully saturated rings. The van der Waals surface area contributed by atoms with Gasteiger partial charge in [0.1, 0.15) is 17.6 Å². The highest BCUT2D eigenvalue weighted by Crippen LogP contribution is 2.22. The van der Waals surface area contributed by atoms with Crippen molar-refractivity contribution in [1.82, 2.24) is 15.5 Å². The number of rotatable bonds is 7. The monoisotopic (exact) mass is 370 g/mol. The Morgan fingerprint density at radius 1 is 1.30 bits per heavy atom. The third-order valence-corrected chi connectivity index (χ3v) is 3.81. The lowest BCUT2D eigenvalue weighted by atomic mass is 10.1. The Balaban J connectivity index is 1.61. The minimum atomic E-state index is -0.551. The highest BCUT2D eigenvalue weighted by molar-refractivity contribution is 5.77. The van der Waals surface area contributed by atoms with Gasteiger partial charge in [0.15, 0.2) is 6.61 Å². The molecule has 0 bridgehead atoms. The average Bonchev–Trinajstić information content (AvgIpc) is 3.17. The maximum absolute atomic E-state index is 14.1. The van der Waals surface area contributed by atoms with Crippen molar-refractivity contribution < 1.29 is 18.4 Å². The van der Waals surface area contributed by atoms with E-state index in [9.17, 15) is 9.18 Å². The Kier molecular flexibility index (Phi) is 5.77. The number of nitrogens with zero attached hydrogens (tertiary/aromatic N) is 2. The summed E-state index contributed by atoms with van der Waals surface area (Å²) < 4.78 is 24.7. The van der Waals surface area contributed by atoms with Crippen LogP contribution < -0.4 is 15.8 Å². The predicted octanol–water partition coefficient (Wildman–Crippen LogP) is 2.59. The molecule has 1 amide bonds. The molecule has 140 valence electrons. The molecule has 3 N–H and O–H groups in total. The summed E-state index contributed by atoms with van der Waals surface area (Å²) >= 11 is 0. The van der Waals surface area contributed by atoms with E-state index in [0.29, 0.717) is 11.3 Å². The fourth-order valence-corrected chi connectivity index (χ4v) is 2.40. The Morgan fingerprint density at radius 2 is 2.07 bits per heavy atom. The number of ether oxygens (including phenoxy) is 1. The first-order chi connectivity index (χ1) is 13.1. The van der Waals surface area contributed by atoms with Crippen molar-refractivity contribution in [1.29, 1.82) is 0 Å². The normalized spacial score (nSPS) is 11.8. The molecule has 0 saturated carbocycles. The van der Waals surface area contributed by atoms with Crippen molar-refractivity contribution in [2.24, 2.45) is 5.73 Å². The molecule has 1 heterocycles. The zero-order valence-electron chi connectivity index (χ0n) is 14.7. The topological polar surface area (TPSA) is 103 Å². The fourth-order valence-electron chi connectivity index (χ4n) is 2.40. The Bertz CT molecular complexity index is 914. The van der Waals surface area contributed by atoms with Crippen LogP contribution in [0.2, 0.25) is 0 Å². The number of aromatic nitrogens is 2. The molecular weight excluding hydrogens is 351 g/mol. The number of para-hydroxylation sites is 1. The van der Waals surface area contributed by atoms with Gasteiger partial charge in [-0.25, -0.2) is 4.39 Å². The summed E-state index contributed by atoms with van der Waals surface area (Å²) in [6.07, 6.45) is 0. The van der Waals surface area contributed by atoms with E-state index in [0.717, 1.165) is 0 Å². The number of benzene rings is 2. The van der Waals surface area contributed by atoms with Crippen LogP contribution >= 0.6 is 0 Å². The molecule has 1 unspecified atom stereocenters. The highest BCUT2D eigenvalue weighted by Gasteiger charge is 2.19. The molecule has 0 spiro atoms. The first-order valence-electron chi connectivity index (χ1n) is 8.36.